The number of aliphatic hydroxyl groups is 1. The van der Waals surface area contributed by atoms with Crippen molar-refractivity contribution in [3.63, 3.8) is 0 Å². The van der Waals surface area contributed by atoms with Gasteiger partial charge in [-0.2, -0.15) is 0 Å². The minimum absolute atomic E-state index is 0.108. The molecule has 0 unspecified atom stereocenters. The van der Waals surface area contributed by atoms with Crippen molar-refractivity contribution in [3.8, 4) is 0 Å². The van der Waals surface area contributed by atoms with Crippen molar-refractivity contribution < 1.29 is 5.11 Å². The molecule has 0 radical (unpaired) electrons. The fourth-order valence-electron chi connectivity index (χ4n) is 2.62. The normalized spacial score (nSPS) is 31.5. The van der Waals surface area contributed by atoms with E-state index in [0.717, 1.165) is 17.4 Å². The molecule has 0 spiro atoms. The van der Waals surface area contributed by atoms with E-state index >= 15 is 0 Å². The van der Waals surface area contributed by atoms with E-state index < -0.39 is 0 Å². The van der Waals surface area contributed by atoms with Crippen molar-refractivity contribution in [2.24, 2.45) is 11.8 Å². The Morgan fingerprint density at radius 1 is 1.57 bits per heavy atom. The lowest BCUT2D eigenvalue weighted by Crippen LogP contribution is -2.05. The average Bonchev–Trinajstić information content (AvgIpc) is 2.61. The molecule has 0 heterocycles. The molecule has 1 N–H and O–H groups in total. The summed E-state index contributed by atoms with van der Waals surface area (Å²) < 4.78 is 0. The Morgan fingerprint density at radius 2 is 2.43 bits per heavy atom. The molecule has 2 aliphatic carbocycles. The lowest BCUT2D eigenvalue weighted by Gasteiger charge is -2.18. The molecule has 1 saturated carbocycles. The molecule has 2 atom stereocenters. The first kappa shape index (κ1) is 9.72. The molecule has 2 rings (SSSR count). The Balaban J connectivity index is 2.14. The van der Waals surface area contributed by atoms with Gasteiger partial charge in [0, 0.05) is 0 Å². The van der Waals surface area contributed by atoms with Crippen molar-refractivity contribution in [3.05, 3.63) is 36.0 Å². The first-order valence-electron chi connectivity index (χ1n) is 5.47. The predicted octanol–water partition coefficient (Wildman–Crippen LogP) is 2.84. The van der Waals surface area contributed by atoms with E-state index in [4.69, 9.17) is 5.11 Å². The van der Waals surface area contributed by atoms with E-state index in [2.05, 4.69) is 18.7 Å². The van der Waals surface area contributed by atoms with Crippen LogP contribution in [0.4, 0.5) is 0 Å². The van der Waals surface area contributed by atoms with Gasteiger partial charge < -0.3 is 5.11 Å². The summed E-state index contributed by atoms with van der Waals surface area (Å²) in [7, 11) is 0. The molecular weight excluding hydrogens is 172 g/mol. The Hall–Kier alpha value is -0.820. The first-order valence-corrected chi connectivity index (χ1v) is 5.47. The van der Waals surface area contributed by atoms with Gasteiger partial charge >= 0.3 is 0 Å². The number of hydrogen-bond acceptors (Lipinski definition) is 1. The van der Waals surface area contributed by atoms with Gasteiger partial charge in [0.1, 0.15) is 0 Å². The number of fused-ring (bicyclic) bond motifs is 2. The van der Waals surface area contributed by atoms with Crippen LogP contribution < -0.4 is 0 Å². The minimum Gasteiger partial charge on any atom is -0.392 e. The number of aliphatic hydroxyl groups excluding tert-OH is 1. The summed E-state index contributed by atoms with van der Waals surface area (Å²) in [5.74, 6) is 1.70. The van der Waals surface area contributed by atoms with E-state index in [1.807, 2.05) is 0 Å². The van der Waals surface area contributed by atoms with Crippen molar-refractivity contribution in [1.82, 2.24) is 0 Å². The summed E-state index contributed by atoms with van der Waals surface area (Å²) in [6, 6.07) is 0. The molecule has 1 nitrogen and oxygen atoms in total. The molecule has 76 valence electrons. The van der Waals surface area contributed by atoms with Crippen LogP contribution in [0.3, 0.4) is 0 Å². The van der Waals surface area contributed by atoms with Crippen molar-refractivity contribution in [1.29, 1.82) is 0 Å². The third kappa shape index (κ3) is 1.83. The summed E-state index contributed by atoms with van der Waals surface area (Å²) in [4.78, 5) is 0. The lowest BCUT2D eigenvalue weighted by atomic mass is 9.87. The molecule has 1 fully saturated rings. The maximum Gasteiger partial charge on any atom is 0.0681 e. The van der Waals surface area contributed by atoms with Gasteiger partial charge in [-0.25, -0.2) is 0 Å². The highest BCUT2D eigenvalue weighted by Gasteiger charge is 2.29. The molecule has 14 heavy (non-hydrogen) atoms. The second-order valence-corrected chi connectivity index (χ2v) is 4.40. The average molecular weight is 190 g/mol. The van der Waals surface area contributed by atoms with Gasteiger partial charge in [-0.3, -0.25) is 0 Å². The van der Waals surface area contributed by atoms with Gasteiger partial charge in [-0.1, -0.05) is 24.8 Å². The molecule has 0 aromatic carbocycles. The monoisotopic (exact) mass is 190 g/mol. The predicted molar refractivity (Wildman–Crippen MR) is 58.9 cm³/mol. The Labute approximate surface area is 85.8 Å². The quantitative estimate of drug-likeness (QED) is 0.678. The lowest BCUT2D eigenvalue weighted by molar-refractivity contribution is 0.334. The van der Waals surface area contributed by atoms with E-state index in [-0.39, 0.29) is 6.61 Å². The highest BCUT2D eigenvalue weighted by molar-refractivity contribution is 5.33. The van der Waals surface area contributed by atoms with E-state index in [0.29, 0.717) is 0 Å². The Morgan fingerprint density at radius 3 is 3.14 bits per heavy atom. The zero-order valence-corrected chi connectivity index (χ0v) is 8.58. The van der Waals surface area contributed by atoms with E-state index in [9.17, 15) is 0 Å². The fraction of sp³-hybridized carbons (Fsp3) is 0.538. The van der Waals surface area contributed by atoms with Crippen LogP contribution in [0.15, 0.2) is 36.0 Å². The number of allylic oxidation sites excluding steroid dienone is 3. The minimum atomic E-state index is 0.108. The van der Waals surface area contributed by atoms with Crippen LogP contribution in [-0.2, 0) is 0 Å². The smallest absolute Gasteiger partial charge is 0.0681 e. The van der Waals surface area contributed by atoms with Gasteiger partial charge in [-0.15, -0.1) is 0 Å². The zero-order chi connectivity index (χ0) is 9.97. The van der Waals surface area contributed by atoms with E-state index in [1.165, 1.54) is 31.3 Å². The summed E-state index contributed by atoms with van der Waals surface area (Å²) in [6.45, 7) is 3.81. The molecule has 0 saturated heterocycles. The third-order valence-corrected chi connectivity index (χ3v) is 3.50. The molecule has 0 amide bonds. The maximum atomic E-state index is 9.06. The van der Waals surface area contributed by atoms with E-state index in [1.54, 1.807) is 6.08 Å². The molecule has 0 aromatic heterocycles. The van der Waals surface area contributed by atoms with Crippen molar-refractivity contribution >= 4 is 0 Å². The molecule has 1 heteroatoms. The van der Waals surface area contributed by atoms with Crippen LogP contribution in [0.2, 0.25) is 0 Å². The highest BCUT2D eigenvalue weighted by Crippen LogP contribution is 2.42. The summed E-state index contributed by atoms with van der Waals surface area (Å²) in [6.07, 6.45) is 11.5. The van der Waals surface area contributed by atoms with Crippen LogP contribution >= 0.6 is 0 Å². The van der Waals surface area contributed by atoms with Crippen LogP contribution in [0.5, 0.6) is 0 Å². The summed E-state index contributed by atoms with van der Waals surface area (Å²) >= 11 is 0. The van der Waals surface area contributed by atoms with Crippen molar-refractivity contribution in [2.75, 3.05) is 6.61 Å². The molecule has 2 aliphatic rings. The SMILES string of the molecule is C=CC(=CC1=CC[C@H]2CC[C@@H]1C2)CO. The largest absolute Gasteiger partial charge is 0.392 e. The third-order valence-electron chi connectivity index (χ3n) is 3.50. The Bertz CT molecular complexity index is 286. The number of rotatable bonds is 3. The van der Waals surface area contributed by atoms with Gasteiger partial charge in [0.05, 0.1) is 6.61 Å². The van der Waals surface area contributed by atoms with Crippen LogP contribution in [0.25, 0.3) is 0 Å². The van der Waals surface area contributed by atoms with Gasteiger partial charge in [0.25, 0.3) is 0 Å². The first-order chi connectivity index (χ1) is 6.83. The molecular formula is C13H18O. The Kier molecular flexibility index (Phi) is 2.87. The fourth-order valence-corrected chi connectivity index (χ4v) is 2.62. The van der Waals surface area contributed by atoms with Crippen LogP contribution in [-0.4, -0.2) is 11.7 Å². The highest BCUT2D eigenvalue weighted by atomic mass is 16.3. The number of hydrogen-bond donors (Lipinski definition) is 1. The zero-order valence-electron chi connectivity index (χ0n) is 8.58. The van der Waals surface area contributed by atoms with Gasteiger partial charge in [0.15, 0.2) is 0 Å². The van der Waals surface area contributed by atoms with Gasteiger partial charge in [0.2, 0.25) is 0 Å². The standard InChI is InChI=1S/C13H18O/c1-2-10(9-14)7-12-5-3-11-4-6-13(12)8-11/h2,5,7,11,13-14H,1,3-4,6,8-9H2/t11-,13+/m0/s1. The van der Waals surface area contributed by atoms with Crippen LogP contribution in [0, 0.1) is 11.8 Å². The molecule has 0 aliphatic heterocycles. The molecule has 0 aromatic rings. The maximum absolute atomic E-state index is 9.06. The topological polar surface area (TPSA) is 20.2 Å². The van der Waals surface area contributed by atoms with Gasteiger partial charge in [-0.05, 0) is 48.7 Å². The second kappa shape index (κ2) is 4.14. The van der Waals surface area contributed by atoms with Crippen LogP contribution in [0.1, 0.15) is 25.7 Å². The summed E-state index contributed by atoms with van der Waals surface area (Å²) in [5.41, 5.74) is 2.38. The molecule has 2 bridgehead atoms. The van der Waals surface area contributed by atoms with Crippen molar-refractivity contribution in [2.45, 2.75) is 25.7 Å². The second-order valence-electron chi connectivity index (χ2n) is 4.40. The summed E-state index contributed by atoms with van der Waals surface area (Å²) in [5, 5.41) is 9.06.